The zero-order chi connectivity index (χ0) is 15.0. The van der Waals surface area contributed by atoms with Gasteiger partial charge >= 0.3 is 0 Å². The van der Waals surface area contributed by atoms with Crippen LogP contribution in [0.25, 0.3) is 0 Å². The average Bonchev–Trinajstić information content (AvgIpc) is 2.92. The van der Waals surface area contributed by atoms with Crippen LogP contribution in [0, 0.1) is 11.3 Å². The largest absolute Gasteiger partial charge is 0.497 e. The van der Waals surface area contributed by atoms with E-state index in [1.165, 1.54) is 0 Å². The molecule has 2 aliphatic rings. The van der Waals surface area contributed by atoms with Crippen LogP contribution in [0.5, 0.6) is 5.75 Å². The minimum absolute atomic E-state index is 0. The summed E-state index contributed by atoms with van der Waals surface area (Å²) in [5, 5.41) is 3.14. The molecule has 22 heavy (non-hydrogen) atoms. The van der Waals surface area contributed by atoms with Crippen LogP contribution in [-0.2, 0) is 4.74 Å². The number of nitrogens with one attached hydrogen (secondary N) is 1. The van der Waals surface area contributed by atoms with Gasteiger partial charge in [0.05, 0.1) is 19.3 Å². The highest BCUT2D eigenvalue weighted by Crippen LogP contribution is 2.53. The Morgan fingerprint density at radius 2 is 2.23 bits per heavy atom. The summed E-state index contributed by atoms with van der Waals surface area (Å²) in [5.74, 6) is 1.75. The van der Waals surface area contributed by atoms with Gasteiger partial charge in [-0.15, -0.1) is 24.0 Å². The van der Waals surface area contributed by atoms with Crippen LogP contribution in [0.1, 0.15) is 20.3 Å². The predicted molar refractivity (Wildman–Crippen MR) is 99.1 cm³/mol. The normalized spacial score (nSPS) is 29.0. The van der Waals surface area contributed by atoms with Crippen molar-refractivity contribution in [3.05, 3.63) is 24.3 Å². The Labute approximate surface area is 148 Å². The van der Waals surface area contributed by atoms with Crippen LogP contribution in [-0.4, -0.2) is 31.8 Å². The summed E-state index contributed by atoms with van der Waals surface area (Å²) in [7, 11) is 1.65. The highest BCUT2D eigenvalue weighted by atomic mass is 127. The lowest BCUT2D eigenvalue weighted by atomic mass is 9.57. The summed E-state index contributed by atoms with van der Waals surface area (Å²) >= 11 is 0. The number of methoxy groups -OCH3 is 1. The Hall–Kier alpha value is -1.02. The van der Waals surface area contributed by atoms with Gasteiger partial charge in [-0.3, -0.25) is 0 Å². The number of hydrogen-bond acceptors (Lipinski definition) is 3. The highest BCUT2D eigenvalue weighted by molar-refractivity contribution is 14.0. The Kier molecular flexibility index (Phi) is 5.21. The lowest BCUT2D eigenvalue weighted by Gasteiger charge is -2.52. The molecular weight excluding hydrogens is 393 g/mol. The summed E-state index contributed by atoms with van der Waals surface area (Å²) in [5.41, 5.74) is 7.01. The maximum atomic E-state index is 6.07. The predicted octanol–water partition coefficient (Wildman–Crippen LogP) is 2.85. The second kappa shape index (κ2) is 6.62. The molecule has 1 saturated heterocycles. The topological polar surface area (TPSA) is 68.9 Å². The summed E-state index contributed by atoms with van der Waals surface area (Å²) in [6, 6.07) is 7.88. The van der Waals surface area contributed by atoms with Crippen molar-refractivity contribution < 1.29 is 9.47 Å². The van der Waals surface area contributed by atoms with E-state index in [-0.39, 0.29) is 35.4 Å². The van der Waals surface area contributed by atoms with E-state index in [2.05, 4.69) is 19.2 Å². The molecular formula is C16H24IN3O2. The molecule has 0 aromatic heterocycles. The smallest absolute Gasteiger partial charge is 0.193 e. The molecule has 1 saturated carbocycles. The third kappa shape index (κ3) is 3.03. The van der Waals surface area contributed by atoms with E-state index < -0.39 is 0 Å². The summed E-state index contributed by atoms with van der Waals surface area (Å²) in [4.78, 5) is 4.69. The molecule has 0 amide bonds. The molecule has 2 fully saturated rings. The average molecular weight is 417 g/mol. The first-order chi connectivity index (χ1) is 10.0. The molecule has 0 bridgehead atoms. The number of rotatable bonds is 3. The summed E-state index contributed by atoms with van der Waals surface area (Å²) in [6.07, 6.45) is 1.41. The van der Waals surface area contributed by atoms with Crippen molar-refractivity contribution in [3.63, 3.8) is 0 Å². The van der Waals surface area contributed by atoms with Gasteiger partial charge in [-0.1, -0.05) is 19.9 Å². The van der Waals surface area contributed by atoms with Crippen molar-refractivity contribution in [1.29, 1.82) is 0 Å². The zero-order valence-corrected chi connectivity index (χ0v) is 15.5. The Balaban J connectivity index is 0.00000176. The van der Waals surface area contributed by atoms with Crippen molar-refractivity contribution in [2.24, 2.45) is 22.1 Å². The molecule has 5 nitrogen and oxygen atoms in total. The van der Waals surface area contributed by atoms with Crippen LogP contribution in [0.4, 0.5) is 5.69 Å². The fourth-order valence-electron chi connectivity index (χ4n) is 3.59. The maximum absolute atomic E-state index is 6.07. The minimum Gasteiger partial charge on any atom is -0.497 e. The quantitative estimate of drug-likeness (QED) is 0.451. The van der Waals surface area contributed by atoms with Crippen molar-refractivity contribution in [2.45, 2.75) is 32.4 Å². The fourth-order valence-corrected chi connectivity index (χ4v) is 3.59. The molecule has 1 aliphatic carbocycles. The van der Waals surface area contributed by atoms with Crippen LogP contribution in [0.15, 0.2) is 29.3 Å². The van der Waals surface area contributed by atoms with E-state index in [1.807, 2.05) is 24.3 Å². The molecule has 1 aliphatic heterocycles. The molecule has 3 unspecified atom stereocenters. The van der Waals surface area contributed by atoms with Gasteiger partial charge in [0.1, 0.15) is 5.75 Å². The molecule has 6 heteroatoms. The van der Waals surface area contributed by atoms with E-state index in [9.17, 15) is 0 Å². The molecule has 0 spiro atoms. The first kappa shape index (κ1) is 17.3. The molecule has 1 heterocycles. The van der Waals surface area contributed by atoms with E-state index in [0.29, 0.717) is 18.0 Å². The second-order valence-corrected chi connectivity index (χ2v) is 6.38. The van der Waals surface area contributed by atoms with Crippen LogP contribution < -0.4 is 15.8 Å². The van der Waals surface area contributed by atoms with Gasteiger partial charge in [-0.25, -0.2) is 4.99 Å². The lowest BCUT2D eigenvalue weighted by molar-refractivity contribution is -0.0985. The number of guanidine groups is 1. The first-order valence-electron chi connectivity index (χ1n) is 7.38. The number of anilines is 1. The van der Waals surface area contributed by atoms with E-state index in [1.54, 1.807) is 7.11 Å². The Morgan fingerprint density at radius 1 is 1.45 bits per heavy atom. The zero-order valence-electron chi connectivity index (χ0n) is 13.2. The number of nitrogens with two attached hydrogens (primary N) is 1. The molecule has 1 aromatic carbocycles. The molecule has 0 radical (unpaired) electrons. The number of aliphatic imine (C=N–C) groups is 1. The van der Waals surface area contributed by atoms with Gasteiger partial charge in [0.2, 0.25) is 0 Å². The lowest BCUT2D eigenvalue weighted by Crippen LogP contribution is -2.59. The molecule has 3 atom stereocenters. The van der Waals surface area contributed by atoms with Gasteiger partial charge in [0.25, 0.3) is 0 Å². The molecule has 3 N–H and O–H groups in total. The van der Waals surface area contributed by atoms with E-state index in [4.69, 9.17) is 20.2 Å². The van der Waals surface area contributed by atoms with E-state index >= 15 is 0 Å². The Bertz CT molecular complexity index is 562. The van der Waals surface area contributed by atoms with Gasteiger partial charge in [0.15, 0.2) is 5.96 Å². The fraction of sp³-hybridized carbons (Fsp3) is 0.562. The van der Waals surface area contributed by atoms with Gasteiger partial charge in [0, 0.05) is 29.7 Å². The van der Waals surface area contributed by atoms with Crippen LogP contribution >= 0.6 is 24.0 Å². The number of ether oxygens (including phenoxy) is 2. The maximum Gasteiger partial charge on any atom is 0.193 e. The summed E-state index contributed by atoms with van der Waals surface area (Å²) in [6.45, 7) is 5.24. The van der Waals surface area contributed by atoms with Gasteiger partial charge in [-0.2, -0.15) is 0 Å². The molecule has 122 valence electrons. The second-order valence-electron chi connectivity index (χ2n) is 6.38. The Morgan fingerprint density at radius 3 is 2.95 bits per heavy atom. The number of benzene rings is 1. The number of fused-ring (bicyclic) bond motifs is 1. The van der Waals surface area contributed by atoms with E-state index in [0.717, 1.165) is 24.5 Å². The third-order valence-electron chi connectivity index (χ3n) is 4.66. The molecule has 3 rings (SSSR count). The summed E-state index contributed by atoms with van der Waals surface area (Å²) < 4.78 is 11.0. The van der Waals surface area contributed by atoms with Crippen LogP contribution in [0.3, 0.4) is 0 Å². The van der Waals surface area contributed by atoms with Crippen molar-refractivity contribution in [3.8, 4) is 5.75 Å². The monoisotopic (exact) mass is 417 g/mol. The number of nitrogens with zero attached hydrogens (tertiary/aromatic N) is 1. The van der Waals surface area contributed by atoms with Crippen molar-refractivity contribution >= 4 is 35.6 Å². The van der Waals surface area contributed by atoms with Crippen molar-refractivity contribution in [1.82, 2.24) is 0 Å². The first-order valence-corrected chi connectivity index (χ1v) is 7.38. The van der Waals surface area contributed by atoms with Gasteiger partial charge < -0.3 is 20.5 Å². The standard InChI is InChI=1S/C16H23N3O2.HI/c1-16(2)13(12-7-8-21-14(12)16)19-15(17)18-10-5-4-6-11(9-10)20-3;/h4-6,9,12-14H,7-8H2,1-3H3,(H3,17,18,19);1H. The minimum atomic E-state index is 0. The van der Waals surface area contributed by atoms with Crippen molar-refractivity contribution in [2.75, 3.05) is 19.0 Å². The third-order valence-corrected chi connectivity index (χ3v) is 4.66. The number of halogens is 1. The SMILES string of the molecule is COc1cccc(NC(N)=NC2C3CCOC3C2(C)C)c1.I. The van der Waals surface area contributed by atoms with Crippen LogP contribution in [0.2, 0.25) is 0 Å². The van der Waals surface area contributed by atoms with Gasteiger partial charge in [-0.05, 0) is 18.6 Å². The number of hydrogen-bond donors (Lipinski definition) is 2. The molecule has 1 aromatic rings. The highest BCUT2D eigenvalue weighted by Gasteiger charge is 2.59.